The zero-order chi connectivity index (χ0) is 17.6. The minimum atomic E-state index is -1.64. The van der Waals surface area contributed by atoms with Crippen LogP contribution in [0.15, 0.2) is 11.0 Å². The second-order valence-corrected chi connectivity index (χ2v) is 5.50. The van der Waals surface area contributed by atoms with Crippen LogP contribution < -0.4 is 17.0 Å². The average molecular weight is 337 g/mol. The molecule has 0 bridgehead atoms. The molecule has 0 spiro atoms. The molecule has 2 aromatic rings. The van der Waals surface area contributed by atoms with Gasteiger partial charge in [0.25, 0.3) is 5.56 Å². The molecule has 1 aliphatic rings. The number of rotatable bonds is 2. The maximum atomic E-state index is 14.2. The Bertz CT molecular complexity index is 913. The molecule has 0 saturated carbocycles. The van der Waals surface area contributed by atoms with Crippen molar-refractivity contribution >= 4 is 17.0 Å². The van der Waals surface area contributed by atoms with Gasteiger partial charge in [0.05, 0.1) is 6.61 Å². The van der Waals surface area contributed by atoms with E-state index in [0.29, 0.717) is 0 Å². The molecule has 1 saturated heterocycles. The smallest absolute Gasteiger partial charge is 0.264 e. The van der Waals surface area contributed by atoms with Crippen LogP contribution in [-0.4, -0.2) is 49.1 Å². The number of aliphatic hydroxyl groups excluding tert-OH is 2. The van der Waals surface area contributed by atoms with Crippen molar-refractivity contribution in [2.45, 2.75) is 30.9 Å². The predicted octanol–water partition coefficient (Wildman–Crippen LogP) is -1.58. The number of hydrogen-bond donors (Lipinski definition) is 5. The Balaban J connectivity index is 2.26. The maximum Gasteiger partial charge on any atom is 0.264 e. The molecule has 7 N–H and O–H groups in total. The summed E-state index contributed by atoms with van der Waals surface area (Å²) < 4.78 is 20.9. The fourth-order valence-electron chi connectivity index (χ4n) is 2.90. The Morgan fingerprint density at radius 3 is 2.96 bits per heavy atom. The standard InChI is InChI=1S/C14H16FN5O4/c1-2-3-14(17)9(22)7(5-21)24-12(14)20-4-6(15)8-10(20)18-13(16)19-11(8)23/h4,7,9,12,21-22H,5,17H2,1H3,(H3,16,18,19,23)/t7-,9?,12-,14?/m1/s1. The normalized spacial score (nSPS) is 29.6. The van der Waals surface area contributed by atoms with Crippen molar-refractivity contribution in [1.29, 1.82) is 0 Å². The second kappa shape index (κ2) is 5.57. The van der Waals surface area contributed by atoms with E-state index < -0.39 is 42.0 Å². The van der Waals surface area contributed by atoms with Gasteiger partial charge in [-0.15, -0.1) is 5.92 Å². The molecule has 0 amide bonds. The van der Waals surface area contributed by atoms with Crippen molar-refractivity contribution in [3.8, 4) is 11.8 Å². The number of aromatic nitrogens is 3. The number of nitrogens with one attached hydrogen (secondary N) is 1. The molecule has 2 aromatic heterocycles. The fourth-order valence-corrected chi connectivity index (χ4v) is 2.90. The summed E-state index contributed by atoms with van der Waals surface area (Å²) in [5.74, 6) is 4.16. The topological polar surface area (TPSA) is 152 Å². The Kier molecular flexibility index (Phi) is 3.81. The van der Waals surface area contributed by atoms with Gasteiger partial charge in [0.1, 0.15) is 17.6 Å². The maximum absolute atomic E-state index is 14.2. The van der Waals surface area contributed by atoms with Gasteiger partial charge in [-0.05, 0) is 6.92 Å². The number of H-pyrrole nitrogens is 1. The van der Waals surface area contributed by atoms with E-state index in [1.165, 1.54) is 6.92 Å². The van der Waals surface area contributed by atoms with E-state index in [9.17, 15) is 19.4 Å². The van der Waals surface area contributed by atoms with Crippen molar-refractivity contribution in [3.63, 3.8) is 0 Å². The number of hydrogen-bond acceptors (Lipinski definition) is 7. The quantitative estimate of drug-likeness (QED) is 0.414. The summed E-state index contributed by atoms with van der Waals surface area (Å²) in [5, 5.41) is 19.4. The van der Waals surface area contributed by atoms with Gasteiger partial charge in [-0.25, -0.2) is 4.39 Å². The minimum absolute atomic E-state index is 0.0998. The Labute approximate surface area is 135 Å². The van der Waals surface area contributed by atoms with Gasteiger partial charge in [0.2, 0.25) is 5.95 Å². The first-order chi connectivity index (χ1) is 11.3. The molecule has 24 heavy (non-hydrogen) atoms. The van der Waals surface area contributed by atoms with E-state index in [1.54, 1.807) is 0 Å². The van der Waals surface area contributed by atoms with E-state index in [4.69, 9.17) is 16.2 Å². The molecule has 4 atom stereocenters. The fraction of sp³-hybridized carbons (Fsp3) is 0.429. The lowest BCUT2D eigenvalue weighted by Crippen LogP contribution is -2.53. The van der Waals surface area contributed by atoms with Crippen molar-refractivity contribution in [2.24, 2.45) is 5.73 Å². The van der Waals surface area contributed by atoms with Gasteiger partial charge in [-0.1, -0.05) is 5.92 Å². The molecule has 3 heterocycles. The molecule has 1 fully saturated rings. The molecule has 9 nitrogen and oxygen atoms in total. The highest BCUT2D eigenvalue weighted by atomic mass is 19.1. The molecular formula is C14H16FN5O4. The van der Waals surface area contributed by atoms with E-state index >= 15 is 0 Å². The monoisotopic (exact) mass is 337 g/mol. The number of nitrogens with two attached hydrogens (primary N) is 2. The van der Waals surface area contributed by atoms with Crippen LogP contribution in [0.25, 0.3) is 11.0 Å². The highest BCUT2D eigenvalue weighted by molar-refractivity contribution is 5.77. The third-order valence-electron chi connectivity index (χ3n) is 3.98. The van der Waals surface area contributed by atoms with Crippen LogP contribution in [0, 0.1) is 17.7 Å². The Morgan fingerprint density at radius 1 is 1.62 bits per heavy atom. The molecule has 0 aliphatic carbocycles. The molecule has 128 valence electrons. The van der Waals surface area contributed by atoms with Crippen LogP contribution in [0.4, 0.5) is 10.3 Å². The number of aliphatic hydroxyl groups is 2. The van der Waals surface area contributed by atoms with Gasteiger partial charge in [0.15, 0.2) is 23.2 Å². The number of nitrogens with zero attached hydrogens (tertiary/aromatic N) is 2. The number of ether oxygens (including phenoxy) is 1. The van der Waals surface area contributed by atoms with Gasteiger partial charge < -0.3 is 26.4 Å². The highest BCUT2D eigenvalue weighted by Crippen LogP contribution is 2.38. The largest absolute Gasteiger partial charge is 0.394 e. The number of fused-ring (bicyclic) bond motifs is 1. The van der Waals surface area contributed by atoms with Crippen LogP contribution in [0.2, 0.25) is 0 Å². The lowest BCUT2D eigenvalue weighted by atomic mass is 9.91. The van der Waals surface area contributed by atoms with Gasteiger partial charge in [-0.2, -0.15) is 4.98 Å². The lowest BCUT2D eigenvalue weighted by molar-refractivity contribution is -0.0446. The summed E-state index contributed by atoms with van der Waals surface area (Å²) in [6, 6.07) is 0. The van der Waals surface area contributed by atoms with Gasteiger partial charge in [-0.3, -0.25) is 14.3 Å². The average Bonchev–Trinajstić information content (AvgIpc) is 2.96. The van der Waals surface area contributed by atoms with Crippen LogP contribution in [0.3, 0.4) is 0 Å². The zero-order valence-corrected chi connectivity index (χ0v) is 12.7. The SMILES string of the molecule is CC#CC1(N)C(O)[C@@H](CO)O[C@H]1n1cc(F)c2c(=O)[nH]c(N)nc21. The number of anilines is 1. The summed E-state index contributed by atoms with van der Waals surface area (Å²) in [6.45, 7) is 1.000. The first-order valence-electron chi connectivity index (χ1n) is 7.06. The summed E-state index contributed by atoms with van der Waals surface area (Å²) in [4.78, 5) is 18.0. The summed E-state index contributed by atoms with van der Waals surface area (Å²) in [5.41, 5.74) is 9.21. The minimum Gasteiger partial charge on any atom is -0.394 e. The Hall–Kier alpha value is -2.45. The number of aromatic amines is 1. The van der Waals surface area contributed by atoms with Gasteiger partial charge in [0, 0.05) is 6.20 Å². The van der Waals surface area contributed by atoms with E-state index in [-0.39, 0.29) is 17.0 Å². The number of nitrogen functional groups attached to an aromatic ring is 1. The van der Waals surface area contributed by atoms with Crippen molar-refractivity contribution in [1.82, 2.24) is 14.5 Å². The second-order valence-electron chi connectivity index (χ2n) is 5.50. The lowest BCUT2D eigenvalue weighted by Gasteiger charge is -2.28. The first-order valence-corrected chi connectivity index (χ1v) is 7.06. The molecule has 1 aliphatic heterocycles. The van der Waals surface area contributed by atoms with Crippen LogP contribution in [-0.2, 0) is 4.74 Å². The van der Waals surface area contributed by atoms with Crippen molar-refractivity contribution in [2.75, 3.05) is 12.3 Å². The molecule has 0 radical (unpaired) electrons. The van der Waals surface area contributed by atoms with Crippen molar-refractivity contribution < 1.29 is 19.3 Å². The predicted molar refractivity (Wildman–Crippen MR) is 82.1 cm³/mol. The van der Waals surface area contributed by atoms with Crippen molar-refractivity contribution in [3.05, 3.63) is 22.4 Å². The van der Waals surface area contributed by atoms with Crippen LogP contribution in [0.5, 0.6) is 0 Å². The summed E-state index contributed by atoms with van der Waals surface area (Å²) >= 11 is 0. The summed E-state index contributed by atoms with van der Waals surface area (Å²) in [7, 11) is 0. The third kappa shape index (κ3) is 2.18. The van der Waals surface area contributed by atoms with Gasteiger partial charge >= 0.3 is 0 Å². The van der Waals surface area contributed by atoms with E-state index in [1.807, 2.05) is 0 Å². The van der Waals surface area contributed by atoms with E-state index in [2.05, 4.69) is 21.8 Å². The highest BCUT2D eigenvalue weighted by Gasteiger charge is 2.54. The molecule has 10 heteroatoms. The first kappa shape index (κ1) is 16.4. The zero-order valence-electron chi connectivity index (χ0n) is 12.7. The van der Waals surface area contributed by atoms with E-state index in [0.717, 1.165) is 10.8 Å². The van der Waals surface area contributed by atoms with Crippen LogP contribution in [0.1, 0.15) is 13.2 Å². The number of halogens is 1. The molecule has 0 aromatic carbocycles. The molecule has 2 unspecified atom stereocenters. The molecular weight excluding hydrogens is 321 g/mol. The summed E-state index contributed by atoms with van der Waals surface area (Å²) in [6.07, 6.45) is -2.57. The molecule has 3 rings (SSSR count). The van der Waals surface area contributed by atoms with Crippen LogP contribution >= 0.6 is 0 Å². The third-order valence-corrected chi connectivity index (χ3v) is 3.98. The Morgan fingerprint density at radius 2 is 2.33 bits per heavy atom.